The molecule has 1 saturated heterocycles. The van der Waals surface area contributed by atoms with Gasteiger partial charge in [-0.1, -0.05) is 24.3 Å². The van der Waals surface area contributed by atoms with Gasteiger partial charge in [0.05, 0.1) is 5.69 Å². The summed E-state index contributed by atoms with van der Waals surface area (Å²) in [4.78, 5) is 14.3. The number of hydrogen-bond donors (Lipinski definition) is 1. The molecule has 0 spiro atoms. The van der Waals surface area contributed by atoms with Crippen molar-refractivity contribution in [1.82, 2.24) is 19.9 Å². The highest BCUT2D eigenvalue weighted by atomic mass is 15.1. The molecule has 106 valence electrons. The van der Waals surface area contributed by atoms with Crippen LogP contribution in [0.25, 0.3) is 22.3 Å². The topological polar surface area (TPSA) is 44.8 Å². The van der Waals surface area contributed by atoms with E-state index < -0.39 is 0 Å². The molecule has 0 atom stereocenters. The molecular formula is C17H18N4. The van der Waals surface area contributed by atoms with Gasteiger partial charge in [0.15, 0.2) is 0 Å². The van der Waals surface area contributed by atoms with Crippen molar-refractivity contribution in [3.05, 3.63) is 48.4 Å². The zero-order valence-electron chi connectivity index (χ0n) is 11.9. The Balaban J connectivity index is 1.62. The van der Waals surface area contributed by atoms with E-state index in [0.717, 1.165) is 28.8 Å². The number of rotatable bonds is 3. The predicted octanol–water partition coefficient (Wildman–Crippen LogP) is 3.22. The van der Waals surface area contributed by atoms with E-state index in [-0.39, 0.29) is 0 Å². The summed E-state index contributed by atoms with van der Waals surface area (Å²) in [6, 6.07) is 10.8. The van der Waals surface area contributed by atoms with Crippen LogP contribution in [-0.2, 0) is 6.54 Å². The molecule has 0 bridgehead atoms. The lowest BCUT2D eigenvalue weighted by atomic mass is 10.1. The van der Waals surface area contributed by atoms with E-state index in [4.69, 9.17) is 0 Å². The molecule has 21 heavy (non-hydrogen) atoms. The molecule has 0 amide bonds. The Labute approximate surface area is 123 Å². The molecule has 1 aromatic carbocycles. The smallest absolute Gasteiger partial charge is 0.141 e. The number of benzene rings is 1. The number of aromatic amines is 1. The van der Waals surface area contributed by atoms with Gasteiger partial charge >= 0.3 is 0 Å². The van der Waals surface area contributed by atoms with E-state index >= 15 is 0 Å². The lowest BCUT2D eigenvalue weighted by Gasteiger charge is -2.14. The second-order valence-electron chi connectivity index (χ2n) is 5.64. The van der Waals surface area contributed by atoms with Crippen LogP contribution in [0, 0.1) is 0 Å². The summed E-state index contributed by atoms with van der Waals surface area (Å²) in [5.41, 5.74) is 4.40. The molecule has 2 aromatic heterocycles. The summed E-state index contributed by atoms with van der Waals surface area (Å²) < 4.78 is 0. The first-order valence-corrected chi connectivity index (χ1v) is 7.50. The Bertz CT molecular complexity index is 739. The van der Waals surface area contributed by atoms with Crippen LogP contribution in [0.5, 0.6) is 0 Å². The average Bonchev–Trinajstić information content (AvgIpc) is 3.18. The van der Waals surface area contributed by atoms with Crippen molar-refractivity contribution in [1.29, 1.82) is 0 Å². The SMILES string of the molecule is c1nc(-c2ccc(CN3CCCC3)cc2)c2cc[nH]c2n1. The van der Waals surface area contributed by atoms with Gasteiger partial charge in [0.25, 0.3) is 0 Å². The van der Waals surface area contributed by atoms with E-state index in [1.807, 2.05) is 12.3 Å². The monoisotopic (exact) mass is 278 g/mol. The van der Waals surface area contributed by atoms with Gasteiger partial charge in [0.2, 0.25) is 0 Å². The van der Waals surface area contributed by atoms with Crippen LogP contribution in [-0.4, -0.2) is 32.9 Å². The van der Waals surface area contributed by atoms with E-state index in [0.29, 0.717) is 0 Å². The molecule has 1 fully saturated rings. The zero-order valence-corrected chi connectivity index (χ0v) is 11.9. The fourth-order valence-corrected chi connectivity index (χ4v) is 3.07. The van der Waals surface area contributed by atoms with Gasteiger partial charge in [-0.15, -0.1) is 0 Å². The minimum atomic E-state index is 0.890. The van der Waals surface area contributed by atoms with Crippen molar-refractivity contribution < 1.29 is 0 Å². The molecule has 3 aromatic rings. The fraction of sp³-hybridized carbons (Fsp3) is 0.294. The Hall–Kier alpha value is -2.20. The summed E-state index contributed by atoms with van der Waals surface area (Å²) in [5, 5.41) is 1.07. The predicted molar refractivity (Wildman–Crippen MR) is 83.8 cm³/mol. The summed E-state index contributed by atoms with van der Waals surface area (Å²) in [7, 11) is 0. The second-order valence-corrected chi connectivity index (χ2v) is 5.64. The molecule has 0 radical (unpaired) electrons. The molecule has 0 aliphatic carbocycles. The van der Waals surface area contributed by atoms with Crippen molar-refractivity contribution in [3.8, 4) is 11.3 Å². The van der Waals surface area contributed by atoms with Crippen molar-refractivity contribution in [3.63, 3.8) is 0 Å². The van der Waals surface area contributed by atoms with Crippen LogP contribution in [0.4, 0.5) is 0 Å². The molecule has 4 heteroatoms. The van der Waals surface area contributed by atoms with Crippen molar-refractivity contribution in [2.75, 3.05) is 13.1 Å². The van der Waals surface area contributed by atoms with Crippen LogP contribution in [0.15, 0.2) is 42.9 Å². The number of likely N-dealkylation sites (tertiary alicyclic amines) is 1. The third-order valence-electron chi connectivity index (χ3n) is 4.19. The van der Waals surface area contributed by atoms with Crippen molar-refractivity contribution >= 4 is 11.0 Å². The Morgan fingerprint density at radius 2 is 1.81 bits per heavy atom. The highest BCUT2D eigenvalue weighted by Crippen LogP contribution is 2.25. The highest BCUT2D eigenvalue weighted by Gasteiger charge is 2.12. The van der Waals surface area contributed by atoms with Gasteiger partial charge in [0.1, 0.15) is 12.0 Å². The summed E-state index contributed by atoms with van der Waals surface area (Å²) in [5.74, 6) is 0. The van der Waals surface area contributed by atoms with Crippen LogP contribution in [0.1, 0.15) is 18.4 Å². The number of nitrogens with one attached hydrogen (secondary N) is 1. The lowest BCUT2D eigenvalue weighted by molar-refractivity contribution is 0.331. The van der Waals surface area contributed by atoms with E-state index in [1.165, 1.54) is 31.5 Å². The quantitative estimate of drug-likeness (QED) is 0.800. The largest absolute Gasteiger partial charge is 0.346 e. The van der Waals surface area contributed by atoms with Crippen LogP contribution in [0.3, 0.4) is 0 Å². The number of fused-ring (bicyclic) bond motifs is 1. The molecule has 4 nitrogen and oxygen atoms in total. The Morgan fingerprint density at radius 1 is 1.00 bits per heavy atom. The molecule has 1 aliphatic rings. The number of H-pyrrole nitrogens is 1. The average molecular weight is 278 g/mol. The maximum Gasteiger partial charge on any atom is 0.141 e. The highest BCUT2D eigenvalue weighted by molar-refractivity contribution is 5.90. The molecule has 0 unspecified atom stereocenters. The van der Waals surface area contributed by atoms with Crippen molar-refractivity contribution in [2.45, 2.75) is 19.4 Å². The maximum atomic E-state index is 4.44. The fourth-order valence-electron chi connectivity index (χ4n) is 3.07. The van der Waals surface area contributed by atoms with Gasteiger partial charge in [0, 0.05) is 23.7 Å². The molecule has 1 aliphatic heterocycles. The van der Waals surface area contributed by atoms with Gasteiger partial charge in [-0.25, -0.2) is 9.97 Å². The standard InChI is InChI=1S/C17H18N4/c1-2-10-21(9-1)11-13-3-5-14(6-4-13)16-15-7-8-18-17(15)20-12-19-16/h3-8,12H,1-2,9-11H2,(H,18,19,20). The maximum absolute atomic E-state index is 4.44. The molecule has 1 N–H and O–H groups in total. The van der Waals surface area contributed by atoms with Crippen LogP contribution in [0.2, 0.25) is 0 Å². The third-order valence-corrected chi connectivity index (χ3v) is 4.19. The van der Waals surface area contributed by atoms with Gasteiger partial charge in [-0.05, 0) is 37.6 Å². The Morgan fingerprint density at radius 3 is 2.62 bits per heavy atom. The first-order valence-electron chi connectivity index (χ1n) is 7.50. The van der Waals surface area contributed by atoms with Crippen molar-refractivity contribution in [2.24, 2.45) is 0 Å². The summed E-state index contributed by atoms with van der Waals surface area (Å²) in [6.07, 6.45) is 6.20. The second kappa shape index (κ2) is 5.30. The zero-order chi connectivity index (χ0) is 14.1. The van der Waals surface area contributed by atoms with E-state index in [1.54, 1.807) is 6.33 Å². The number of nitrogens with zero attached hydrogens (tertiary/aromatic N) is 3. The molecular weight excluding hydrogens is 260 g/mol. The van der Waals surface area contributed by atoms with Gasteiger partial charge in [-0.2, -0.15) is 0 Å². The molecule has 0 saturated carbocycles. The first-order chi connectivity index (χ1) is 10.4. The van der Waals surface area contributed by atoms with Gasteiger partial charge in [-0.3, -0.25) is 4.90 Å². The Kier molecular flexibility index (Phi) is 3.16. The molecule has 4 rings (SSSR count). The minimum Gasteiger partial charge on any atom is -0.346 e. The third kappa shape index (κ3) is 2.43. The normalized spacial score (nSPS) is 15.8. The lowest BCUT2D eigenvalue weighted by Crippen LogP contribution is -2.18. The number of hydrogen-bond acceptors (Lipinski definition) is 3. The number of aromatic nitrogens is 3. The van der Waals surface area contributed by atoms with Crippen LogP contribution >= 0.6 is 0 Å². The van der Waals surface area contributed by atoms with Gasteiger partial charge < -0.3 is 4.98 Å². The van der Waals surface area contributed by atoms with E-state index in [2.05, 4.69) is 44.1 Å². The first kappa shape index (κ1) is 12.5. The van der Waals surface area contributed by atoms with E-state index in [9.17, 15) is 0 Å². The van der Waals surface area contributed by atoms with Crippen LogP contribution < -0.4 is 0 Å². The molecule has 3 heterocycles. The minimum absolute atomic E-state index is 0.890. The summed E-state index contributed by atoms with van der Waals surface area (Å²) in [6.45, 7) is 3.53. The summed E-state index contributed by atoms with van der Waals surface area (Å²) >= 11 is 0.